The van der Waals surface area contributed by atoms with E-state index in [0.29, 0.717) is 6.61 Å². The lowest BCUT2D eigenvalue weighted by molar-refractivity contribution is -0.0474. The Hall–Kier alpha value is -2.13. The third-order valence-corrected chi connectivity index (χ3v) is 4.05. The quantitative estimate of drug-likeness (QED) is 0.672. The molecule has 150 valence electrons. The second kappa shape index (κ2) is 10.3. The first-order valence-electron chi connectivity index (χ1n) is 9.41. The summed E-state index contributed by atoms with van der Waals surface area (Å²) in [5.74, 6) is 0. The van der Waals surface area contributed by atoms with E-state index in [2.05, 4.69) is 0 Å². The van der Waals surface area contributed by atoms with Gasteiger partial charge in [-0.25, -0.2) is 9.18 Å². The first kappa shape index (κ1) is 22.9. The van der Waals surface area contributed by atoms with Crippen LogP contribution in [0.15, 0.2) is 30.3 Å². The highest BCUT2D eigenvalue weighted by Gasteiger charge is 2.52. The third-order valence-electron chi connectivity index (χ3n) is 4.05. The molecular weight excluding hydrogens is 347 g/mol. The minimum Gasteiger partial charge on any atom is -0.444 e. The molecule has 0 aromatic heterocycles. The van der Waals surface area contributed by atoms with Gasteiger partial charge in [0.2, 0.25) is 0 Å². The van der Waals surface area contributed by atoms with Gasteiger partial charge in [-0.15, -0.1) is 0 Å². The highest BCUT2D eigenvalue weighted by atomic mass is 19.1. The van der Waals surface area contributed by atoms with Crippen molar-refractivity contribution in [3.63, 3.8) is 0 Å². The van der Waals surface area contributed by atoms with Crippen molar-refractivity contribution in [3.8, 4) is 6.07 Å². The Morgan fingerprint density at radius 3 is 2.41 bits per heavy atom. The zero-order chi connectivity index (χ0) is 20.5. The van der Waals surface area contributed by atoms with Crippen LogP contribution in [0.1, 0.15) is 46.6 Å². The Balaban J connectivity index is 0.00000176. The summed E-state index contributed by atoms with van der Waals surface area (Å²) in [4.78, 5) is 13.3. The number of nitriles is 1. The van der Waals surface area contributed by atoms with E-state index in [4.69, 9.17) is 9.47 Å². The molecule has 1 aliphatic heterocycles. The van der Waals surface area contributed by atoms with Gasteiger partial charge in [-0.05, 0) is 26.3 Å². The molecule has 2 rings (SSSR count). The van der Waals surface area contributed by atoms with Gasteiger partial charge < -0.3 is 14.4 Å². The molecule has 0 saturated carbocycles. The highest BCUT2D eigenvalue weighted by Crippen LogP contribution is 2.37. The van der Waals surface area contributed by atoms with Crippen molar-refractivity contribution in [2.24, 2.45) is 5.41 Å². The zero-order valence-corrected chi connectivity index (χ0v) is 17.0. The van der Waals surface area contributed by atoms with Gasteiger partial charge in [-0.3, -0.25) is 0 Å². The van der Waals surface area contributed by atoms with Crippen LogP contribution in [0.2, 0.25) is 0 Å². The third kappa shape index (κ3) is 6.84. The predicted octanol–water partition coefficient (Wildman–Crippen LogP) is 4.72. The smallest absolute Gasteiger partial charge is 0.410 e. The lowest BCUT2D eigenvalue weighted by Crippen LogP contribution is -2.62. The first-order valence-corrected chi connectivity index (χ1v) is 9.41. The summed E-state index contributed by atoms with van der Waals surface area (Å²) in [5.41, 5.74) is -0.747. The van der Waals surface area contributed by atoms with Crippen LogP contribution >= 0.6 is 0 Å². The van der Waals surface area contributed by atoms with Crippen LogP contribution in [0.3, 0.4) is 0 Å². The molecule has 0 bridgehead atoms. The molecule has 1 unspecified atom stereocenters. The molecular formula is C21H31FN2O3. The first-order chi connectivity index (χ1) is 12.8. The fourth-order valence-electron chi connectivity index (χ4n) is 2.66. The molecule has 1 fully saturated rings. The van der Waals surface area contributed by atoms with Crippen LogP contribution in [0, 0.1) is 16.7 Å². The normalized spacial score (nSPS) is 16.3. The van der Waals surface area contributed by atoms with E-state index in [0.717, 1.165) is 5.56 Å². The maximum Gasteiger partial charge on any atom is 0.410 e. The van der Waals surface area contributed by atoms with E-state index in [-0.39, 0.29) is 26.1 Å². The number of rotatable bonds is 6. The molecule has 1 heterocycles. The fourth-order valence-corrected chi connectivity index (χ4v) is 2.66. The maximum atomic E-state index is 14.5. The molecule has 1 amide bonds. The minimum atomic E-state index is -1.34. The molecule has 0 spiro atoms. The van der Waals surface area contributed by atoms with Crippen LogP contribution < -0.4 is 0 Å². The SMILES string of the molecule is CC.CC(C)(C)OC(=O)N1CC(C#N)(C(F)CCOCc2ccccc2)C1. The summed E-state index contributed by atoms with van der Waals surface area (Å²) in [6.07, 6.45) is -1.72. The number of hydrogen-bond acceptors (Lipinski definition) is 4. The van der Waals surface area contributed by atoms with Gasteiger partial charge in [0.05, 0.1) is 12.7 Å². The number of carbonyl (C=O) groups excluding carboxylic acids is 1. The molecule has 1 atom stereocenters. The van der Waals surface area contributed by atoms with Crippen molar-refractivity contribution >= 4 is 6.09 Å². The van der Waals surface area contributed by atoms with Gasteiger partial charge in [-0.1, -0.05) is 44.2 Å². The molecule has 6 heteroatoms. The molecule has 5 nitrogen and oxygen atoms in total. The van der Waals surface area contributed by atoms with Crippen molar-refractivity contribution in [1.82, 2.24) is 4.90 Å². The average molecular weight is 378 g/mol. The molecule has 1 aliphatic rings. The topological polar surface area (TPSA) is 62.6 Å². The predicted molar refractivity (Wildman–Crippen MR) is 103 cm³/mol. The van der Waals surface area contributed by atoms with E-state index in [1.165, 1.54) is 4.90 Å². The van der Waals surface area contributed by atoms with E-state index in [1.807, 2.05) is 50.2 Å². The minimum absolute atomic E-state index is 0.0538. The number of amides is 1. The number of ether oxygens (including phenoxy) is 2. The Morgan fingerprint density at radius 1 is 1.30 bits per heavy atom. The van der Waals surface area contributed by atoms with Crippen molar-refractivity contribution < 1.29 is 18.7 Å². The lowest BCUT2D eigenvalue weighted by Gasteiger charge is -2.46. The van der Waals surface area contributed by atoms with E-state index >= 15 is 0 Å². The second-order valence-corrected chi connectivity index (χ2v) is 7.40. The Bertz CT molecular complexity index is 617. The van der Waals surface area contributed by atoms with E-state index in [9.17, 15) is 14.4 Å². The Morgan fingerprint density at radius 2 is 1.89 bits per heavy atom. The van der Waals surface area contributed by atoms with Crippen molar-refractivity contribution in [2.75, 3.05) is 19.7 Å². The number of likely N-dealkylation sites (tertiary alicyclic amines) is 1. The van der Waals surface area contributed by atoms with E-state index in [1.54, 1.807) is 20.8 Å². The van der Waals surface area contributed by atoms with Crippen molar-refractivity contribution in [2.45, 2.75) is 59.4 Å². The molecule has 1 aromatic rings. The monoisotopic (exact) mass is 378 g/mol. The van der Waals surface area contributed by atoms with E-state index < -0.39 is 23.3 Å². The Labute approximate surface area is 162 Å². The molecule has 1 aromatic carbocycles. The fraction of sp³-hybridized carbons (Fsp3) is 0.619. The molecule has 0 radical (unpaired) electrons. The van der Waals surface area contributed by atoms with Crippen molar-refractivity contribution in [1.29, 1.82) is 5.26 Å². The van der Waals surface area contributed by atoms with Gasteiger partial charge in [0.25, 0.3) is 0 Å². The number of carbonyl (C=O) groups is 1. The number of benzene rings is 1. The maximum absolute atomic E-state index is 14.5. The average Bonchev–Trinajstić information content (AvgIpc) is 2.59. The molecule has 0 N–H and O–H groups in total. The zero-order valence-electron chi connectivity index (χ0n) is 17.0. The van der Waals surface area contributed by atoms with Gasteiger partial charge >= 0.3 is 6.09 Å². The largest absolute Gasteiger partial charge is 0.444 e. The summed E-state index contributed by atoms with van der Waals surface area (Å²) in [6, 6.07) is 11.7. The number of halogens is 1. The van der Waals surface area contributed by atoms with Crippen LogP contribution in [-0.2, 0) is 16.1 Å². The lowest BCUT2D eigenvalue weighted by atomic mass is 9.76. The standard InChI is InChI=1S/C19H25FN2O3.C2H6/c1-18(2,3)25-17(23)22-13-19(12-21,14-22)16(20)9-10-24-11-15-7-5-4-6-8-15;1-2/h4-8,16H,9-11,13-14H2,1-3H3;1-2H3. The summed E-state index contributed by atoms with van der Waals surface area (Å²) >= 11 is 0. The number of alkyl halides is 1. The molecule has 27 heavy (non-hydrogen) atoms. The van der Waals surface area contributed by atoms with Gasteiger partial charge in [0.15, 0.2) is 0 Å². The summed E-state index contributed by atoms with van der Waals surface area (Å²) in [5, 5.41) is 9.36. The summed E-state index contributed by atoms with van der Waals surface area (Å²) in [7, 11) is 0. The molecule has 0 aliphatic carbocycles. The van der Waals surface area contributed by atoms with Gasteiger partial charge in [-0.2, -0.15) is 5.26 Å². The second-order valence-electron chi connectivity index (χ2n) is 7.40. The molecule has 1 saturated heterocycles. The van der Waals surface area contributed by atoms with Crippen LogP contribution in [0.25, 0.3) is 0 Å². The van der Waals surface area contributed by atoms with Gasteiger partial charge in [0, 0.05) is 26.1 Å². The Kier molecular flexibility index (Phi) is 8.71. The summed E-state index contributed by atoms with van der Waals surface area (Å²) < 4.78 is 25.2. The number of nitrogens with zero attached hydrogens (tertiary/aromatic N) is 2. The van der Waals surface area contributed by atoms with Crippen LogP contribution in [-0.4, -0.2) is 42.5 Å². The van der Waals surface area contributed by atoms with Gasteiger partial charge in [0.1, 0.15) is 17.2 Å². The van der Waals surface area contributed by atoms with Crippen LogP contribution in [0.5, 0.6) is 0 Å². The van der Waals surface area contributed by atoms with Crippen molar-refractivity contribution in [3.05, 3.63) is 35.9 Å². The summed E-state index contributed by atoms with van der Waals surface area (Å²) in [6.45, 7) is 10.1. The number of hydrogen-bond donors (Lipinski definition) is 0. The highest BCUT2D eigenvalue weighted by molar-refractivity contribution is 5.69. The van der Waals surface area contributed by atoms with Crippen LogP contribution in [0.4, 0.5) is 9.18 Å².